The van der Waals surface area contributed by atoms with Gasteiger partial charge in [0.25, 0.3) is 5.91 Å². The van der Waals surface area contributed by atoms with Crippen molar-refractivity contribution < 1.29 is 29.3 Å². The molecule has 0 saturated carbocycles. The van der Waals surface area contributed by atoms with Gasteiger partial charge in [-0.3, -0.25) is 10.1 Å². The third-order valence-electron chi connectivity index (χ3n) is 4.56. The summed E-state index contributed by atoms with van der Waals surface area (Å²) in [5, 5.41) is 22.2. The summed E-state index contributed by atoms with van der Waals surface area (Å²) in [5.41, 5.74) is 0.551. The van der Waals surface area contributed by atoms with E-state index in [2.05, 4.69) is 21.2 Å². The molecule has 0 aromatic heterocycles. The number of carbonyl (C=O) groups is 2. The largest absolute Gasteiger partial charge is 0.508 e. The van der Waals surface area contributed by atoms with Gasteiger partial charge in [0.1, 0.15) is 17.6 Å². The molecule has 166 valence electrons. The van der Waals surface area contributed by atoms with E-state index in [1.807, 2.05) is 6.07 Å². The number of halogens is 1. The number of alkyl carbamates (subject to hydrolysis) is 1. The molecule has 0 unspecified atom stereocenters. The van der Waals surface area contributed by atoms with Crippen molar-refractivity contribution in [3.63, 3.8) is 0 Å². The molecule has 0 spiro atoms. The second-order valence-electron chi connectivity index (χ2n) is 6.83. The number of imide groups is 1. The molecular weight excluding hydrogens is 478 g/mol. The van der Waals surface area contributed by atoms with E-state index in [-0.39, 0.29) is 24.3 Å². The number of aromatic hydroxyl groups is 1. The molecule has 0 aliphatic rings. The Hall–Kier alpha value is -3.36. The molecular formula is C24H22BrNO6. The Labute approximate surface area is 193 Å². The zero-order valence-electron chi connectivity index (χ0n) is 17.0. The van der Waals surface area contributed by atoms with Crippen molar-refractivity contribution in [2.75, 3.05) is 6.61 Å². The van der Waals surface area contributed by atoms with Crippen LogP contribution in [0, 0.1) is 0 Å². The summed E-state index contributed by atoms with van der Waals surface area (Å²) in [4.78, 5) is 24.9. The number of aliphatic hydroxyl groups is 1. The van der Waals surface area contributed by atoms with Gasteiger partial charge in [0.05, 0.1) is 0 Å². The fourth-order valence-electron chi connectivity index (χ4n) is 3.07. The molecule has 3 rings (SSSR count). The summed E-state index contributed by atoms with van der Waals surface area (Å²) in [5.74, 6) is -0.259. The summed E-state index contributed by atoms with van der Waals surface area (Å²) in [6, 6.07) is 21.7. The zero-order chi connectivity index (χ0) is 22.9. The highest BCUT2D eigenvalue weighted by Gasteiger charge is 2.32. The maximum absolute atomic E-state index is 12.6. The summed E-state index contributed by atoms with van der Waals surface area (Å²) in [7, 11) is 0. The van der Waals surface area contributed by atoms with Crippen LogP contribution in [0.2, 0.25) is 0 Å². The SMILES string of the molecule is O=C(NC(=O)c1ccccc1)O[C@@H](c1cc(Br)ccc1O)[C@H](CCO)Oc1ccccc1. The van der Waals surface area contributed by atoms with E-state index >= 15 is 0 Å². The number of ether oxygens (including phenoxy) is 2. The second-order valence-corrected chi connectivity index (χ2v) is 7.75. The highest BCUT2D eigenvalue weighted by molar-refractivity contribution is 9.10. The van der Waals surface area contributed by atoms with Crippen molar-refractivity contribution in [1.82, 2.24) is 5.32 Å². The maximum Gasteiger partial charge on any atom is 0.414 e. The van der Waals surface area contributed by atoms with Crippen molar-refractivity contribution in [3.8, 4) is 11.5 Å². The highest BCUT2D eigenvalue weighted by atomic mass is 79.9. The third kappa shape index (κ3) is 6.32. The molecule has 3 N–H and O–H groups in total. The lowest BCUT2D eigenvalue weighted by Crippen LogP contribution is -2.36. The topological polar surface area (TPSA) is 105 Å². The summed E-state index contributed by atoms with van der Waals surface area (Å²) >= 11 is 3.35. The number of phenols is 1. The molecule has 0 radical (unpaired) electrons. The van der Waals surface area contributed by atoms with Crippen LogP contribution in [-0.2, 0) is 4.74 Å². The molecule has 0 saturated heterocycles. The third-order valence-corrected chi connectivity index (χ3v) is 5.06. The molecule has 2 atom stereocenters. The van der Waals surface area contributed by atoms with Gasteiger partial charge in [-0.1, -0.05) is 52.3 Å². The van der Waals surface area contributed by atoms with E-state index in [1.165, 1.54) is 6.07 Å². The van der Waals surface area contributed by atoms with E-state index in [0.717, 1.165) is 0 Å². The molecule has 8 heteroatoms. The number of amides is 2. The van der Waals surface area contributed by atoms with Crippen LogP contribution in [0.4, 0.5) is 4.79 Å². The minimum atomic E-state index is -1.12. The quantitative estimate of drug-likeness (QED) is 0.418. The zero-order valence-corrected chi connectivity index (χ0v) is 18.6. The molecule has 0 aliphatic carbocycles. The number of nitrogens with one attached hydrogen (secondary N) is 1. The van der Waals surface area contributed by atoms with Gasteiger partial charge in [-0.05, 0) is 42.5 Å². The minimum Gasteiger partial charge on any atom is -0.508 e. The highest BCUT2D eigenvalue weighted by Crippen LogP contribution is 2.35. The van der Waals surface area contributed by atoms with Crippen molar-refractivity contribution in [2.45, 2.75) is 18.6 Å². The lowest BCUT2D eigenvalue weighted by Gasteiger charge is -2.28. The van der Waals surface area contributed by atoms with Gasteiger partial charge >= 0.3 is 6.09 Å². The first-order valence-electron chi connectivity index (χ1n) is 9.86. The van der Waals surface area contributed by atoms with Crippen molar-refractivity contribution in [1.29, 1.82) is 0 Å². The summed E-state index contributed by atoms with van der Waals surface area (Å²) < 4.78 is 12.2. The summed E-state index contributed by atoms with van der Waals surface area (Å²) in [6.45, 7) is -0.253. The Morgan fingerprint density at radius 3 is 2.28 bits per heavy atom. The van der Waals surface area contributed by atoms with E-state index < -0.39 is 24.2 Å². The number of rotatable bonds is 8. The van der Waals surface area contributed by atoms with Gasteiger partial charge in [0, 0.05) is 28.6 Å². The van der Waals surface area contributed by atoms with Crippen LogP contribution in [0.3, 0.4) is 0 Å². The molecule has 0 bridgehead atoms. The van der Waals surface area contributed by atoms with Crippen LogP contribution in [0.15, 0.2) is 83.3 Å². The van der Waals surface area contributed by atoms with Crippen LogP contribution in [0.5, 0.6) is 11.5 Å². The fourth-order valence-corrected chi connectivity index (χ4v) is 3.44. The monoisotopic (exact) mass is 499 g/mol. The van der Waals surface area contributed by atoms with Gasteiger partial charge < -0.3 is 19.7 Å². The molecule has 0 fully saturated rings. The lowest BCUT2D eigenvalue weighted by atomic mass is 10.0. The average molecular weight is 500 g/mol. The Morgan fingerprint density at radius 2 is 1.62 bits per heavy atom. The van der Waals surface area contributed by atoms with Crippen LogP contribution >= 0.6 is 15.9 Å². The van der Waals surface area contributed by atoms with E-state index in [1.54, 1.807) is 66.7 Å². The molecule has 3 aromatic rings. The summed E-state index contributed by atoms with van der Waals surface area (Å²) in [6.07, 6.45) is -2.88. The Morgan fingerprint density at radius 1 is 0.969 bits per heavy atom. The van der Waals surface area contributed by atoms with Gasteiger partial charge in [-0.15, -0.1) is 0 Å². The number of benzene rings is 3. The van der Waals surface area contributed by atoms with Crippen molar-refractivity contribution in [2.24, 2.45) is 0 Å². The first-order valence-corrected chi connectivity index (χ1v) is 10.6. The number of phenolic OH excluding ortho intramolecular Hbond substituents is 1. The normalized spacial score (nSPS) is 12.4. The number of hydrogen-bond donors (Lipinski definition) is 3. The standard InChI is InChI=1S/C24H22BrNO6/c25-17-11-12-20(28)19(15-17)22(21(13-14-27)31-18-9-5-2-6-10-18)32-24(30)26-23(29)16-7-3-1-4-8-16/h1-12,15,21-22,27-28H,13-14H2,(H,26,29,30)/t21-,22-/m0/s1. The van der Waals surface area contributed by atoms with E-state index in [4.69, 9.17) is 9.47 Å². The first-order chi connectivity index (χ1) is 15.5. The second kappa shape index (κ2) is 11.3. The Balaban J connectivity index is 1.88. The number of hydrogen-bond acceptors (Lipinski definition) is 6. The van der Waals surface area contributed by atoms with Gasteiger partial charge in [-0.2, -0.15) is 0 Å². The predicted molar refractivity (Wildman–Crippen MR) is 121 cm³/mol. The lowest BCUT2D eigenvalue weighted by molar-refractivity contribution is 0.00283. The molecule has 0 heterocycles. The predicted octanol–water partition coefficient (Wildman–Crippen LogP) is 4.59. The van der Waals surface area contributed by atoms with Crippen LogP contribution in [0.1, 0.15) is 28.4 Å². The Kier molecular flexibility index (Phi) is 8.24. The smallest absolute Gasteiger partial charge is 0.414 e. The van der Waals surface area contributed by atoms with E-state index in [0.29, 0.717) is 15.8 Å². The molecule has 3 aromatic carbocycles. The van der Waals surface area contributed by atoms with Gasteiger partial charge in [0.15, 0.2) is 6.10 Å². The minimum absolute atomic E-state index is 0.103. The van der Waals surface area contributed by atoms with Crippen LogP contribution < -0.4 is 10.1 Å². The fraction of sp³-hybridized carbons (Fsp3) is 0.167. The Bertz CT molecular complexity index is 1040. The van der Waals surface area contributed by atoms with Gasteiger partial charge in [0.2, 0.25) is 0 Å². The van der Waals surface area contributed by atoms with Gasteiger partial charge in [-0.25, -0.2) is 4.79 Å². The molecule has 7 nitrogen and oxygen atoms in total. The number of para-hydroxylation sites is 1. The number of aliphatic hydroxyl groups excluding tert-OH is 1. The molecule has 32 heavy (non-hydrogen) atoms. The van der Waals surface area contributed by atoms with Crippen LogP contribution in [-0.4, -0.2) is 34.9 Å². The number of carbonyl (C=O) groups excluding carboxylic acids is 2. The molecule has 0 aliphatic heterocycles. The van der Waals surface area contributed by atoms with Crippen molar-refractivity contribution in [3.05, 3.63) is 94.5 Å². The van der Waals surface area contributed by atoms with Crippen molar-refractivity contribution >= 4 is 27.9 Å². The maximum atomic E-state index is 12.6. The molecule has 2 amide bonds. The van der Waals surface area contributed by atoms with E-state index in [9.17, 15) is 19.8 Å². The van der Waals surface area contributed by atoms with Crippen LogP contribution in [0.25, 0.3) is 0 Å². The first kappa shape index (κ1) is 23.3. The average Bonchev–Trinajstić information content (AvgIpc) is 2.80.